The third kappa shape index (κ3) is 12.2. The number of carbonyl (C=O) groups excluding carboxylic acids is 3. The third-order valence-corrected chi connectivity index (χ3v) is 29.8. The van der Waals surface area contributed by atoms with Gasteiger partial charge in [-0.3, -0.25) is 14.4 Å². The van der Waals surface area contributed by atoms with Crippen LogP contribution in [0.1, 0.15) is 280 Å². The Hall–Kier alpha value is -6.07. The number of carbonyl (C=O) groups is 3. The fraction of sp³-hybridized carbons (Fsp3) is 0.726. The number of rotatable bonds is 18. The van der Waals surface area contributed by atoms with Crippen molar-refractivity contribution in [2.45, 2.75) is 243 Å². The van der Waals surface area contributed by atoms with Crippen molar-refractivity contribution in [1.29, 1.82) is 0 Å². The third-order valence-electron chi connectivity index (χ3n) is 29.8. The van der Waals surface area contributed by atoms with E-state index < -0.39 is 28.5 Å². The maximum atomic E-state index is 11.8. The van der Waals surface area contributed by atoms with Crippen molar-refractivity contribution < 1.29 is 84.8 Å². The van der Waals surface area contributed by atoms with Gasteiger partial charge in [-0.2, -0.15) is 0 Å². The molecular weight excluding hydrogens is 1280 g/mol. The number of hydrogen-bond donors (Lipinski definition) is 11. The summed E-state index contributed by atoms with van der Waals surface area (Å²) in [5, 5.41) is 122. The van der Waals surface area contributed by atoms with Crippen LogP contribution in [0.2, 0.25) is 0 Å². The van der Waals surface area contributed by atoms with Crippen molar-refractivity contribution in [2.75, 3.05) is 21.3 Å². The van der Waals surface area contributed by atoms with Gasteiger partial charge in [-0.15, -0.1) is 0 Å². The van der Waals surface area contributed by atoms with Crippen molar-refractivity contribution in [1.82, 2.24) is 0 Å². The van der Waals surface area contributed by atoms with Crippen molar-refractivity contribution in [3.63, 3.8) is 0 Å². The maximum absolute atomic E-state index is 11.8. The number of aromatic hydroxyl groups is 9. The minimum atomic E-state index is -0.751. The van der Waals surface area contributed by atoms with E-state index in [4.69, 9.17) is 14.2 Å². The summed E-state index contributed by atoms with van der Waals surface area (Å²) < 4.78 is 15.8. The topological polar surface area (TPSA) is 301 Å². The molecule has 0 saturated heterocycles. The first kappa shape index (κ1) is 77.5. The van der Waals surface area contributed by atoms with Gasteiger partial charge in [-0.1, -0.05) is 116 Å². The monoisotopic (exact) mass is 1400 g/mol. The molecular formula is C84H124O17. The summed E-state index contributed by atoms with van der Waals surface area (Å²) in [6.07, 6.45) is 14.8. The lowest BCUT2D eigenvalue weighted by atomic mass is 9.59. The molecule has 9 fully saturated rings. The molecule has 0 radical (unpaired) electrons. The zero-order valence-electron chi connectivity index (χ0n) is 64.3. The Labute approximate surface area is 600 Å². The molecule has 101 heavy (non-hydrogen) atoms. The Morgan fingerprint density at radius 3 is 0.931 bits per heavy atom. The lowest BCUT2D eigenvalue weighted by Crippen LogP contribution is -2.42. The lowest BCUT2D eigenvalue weighted by molar-refractivity contribution is -0.0444. The molecule has 0 bridgehead atoms. The molecule has 0 aliphatic heterocycles. The molecule has 3 aromatic carbocycles. The van der Waals surface area contributed by atoms with Crippen molar-refractivity contribution >= 4 is 18.9 Å². The minimum absolute atomic E-state index is 0.137. The van der Waals surface area contributed by atoms with Gasteiger partial charge in [0.2, 0.25) is 17.2 Å². The van der Waals surface area contributed by atoms with Gasteiger partial charge in [0, 0.05) is 16.7 Å². The molecule has 12 rings (SSSR count). The van der Waals surface area contributed by atoms with Gasteiger partial charge in [-0.05, 0) is 249 Å². The summed E-state index contributed by atoms with van der Waals surface area (Å²) in [7, 11) is 4.01. The van der Waals surface area contributed by atoms with E-state index in [1.165, 1.54) is 33.3 Å². The van der Waals surface area contributed by atoms with E-state index in [1.807, 2.05) is 13.8 Å². The zero-order valence-corrected chi connectivity index (χ0v) is 64.3. The summed E-state index contributed by atoms with van der Waals surface area (Å²) >= 11 is 0. The first-order chi connectivity index (χ1) is 46.9. The SMILES string of the molecule is C=C1CC[C@@H]2[C@H]([C@H]3[C@H]1CC[C@]3(C)[C@@H](CC(C)C)c1c(O)c(C=O)c(O)c(OC)c1O)C2(C)C.COc1c(O)c(C=O)c(O)c([C@@H](CC(C)C)[C@@]2(C)CC[C@@H]3[C@@H]2[C@H]2[C@@H](CC[C@@]3(C)O)C2(C)C)c1O.COc1c(O)c(C=O)c(O)c([C@H](CC(C)C)[C@@]2(C)CC[C@@H]3[C@@H]2[C@H]2[C@@H](CC[C@@]3(C)O)C2(C)C)c1O. The number of benzene rings is 3. The van der Waals surface area contributed by atoms with E-state index in [0.29, 0.717) is 90.5 Å². The van der Waals surface area contributed by atoms with Crippen LogP contribution in [-0.2, 0) is 0 Å². The highest BCUT2D eigenvalue weighted by Gasteiger charge is 2.73. The van der Waals surface area contributed by atoms with Crippen LogP contribution in [0.4, 0.5) is 0 Å². The molecule has 11 N–H and O–H groups in total. The molecule has 3 aromatic rings. The molecule has 0 amide bonds. The van der Waals surface area contributed by atoms with Crippen LogP contribution in [0, 0.1) is 121 Å². The van der Waals surface area contributed by atoms with Crippen LogP contribution < -0.4 is 14.2 Å². The van der Waals surface area contributed by atoms with E-state index in [2.05, 4.69) is 110 Å². The van der Waals surface area contributed by atoms with Crippen LogP contribution in [0.15, 0.2) is 12.2 Å². The molecule has 9 aliphatic carbocycles. The highest BCUT2D eigenvalue weighted by atomic mass is 16.5. The molecule has 0 spiro atoms. The standard InChI is InChI=1S/2C28H42O6.C28H40O5/c2*1-14(2)12-18(19-22(30)15(13-29)23(31)25(34-7)24(19)32)27(5)10-8-17-21(27)20-16(26(20,3)4)9-11-28(17,6)33;1-14(2)12-19(20-23(30)17(13-29)24(31)26(33-7)25(20)32)28(6)11-10-16-15(3)8-9-18-22(21(16)28)27(18,4)5/h2*13-14,16-18,20-21,30-33H,8-12H2,1-7H3;13-14,16,18-19,21-22,30-32H,3,8-12H2,1-2,4-7H3/t16-,17-,18+,20-,21-,27-,28-;16-,17-,18-,20-,21-,27-,28-;16-,18+,19-,21+,22+,28+/m110/s1. The molecule has 0 aromatic heterocycles. The number of phenolic OH excluding ortho intramolecular Hbond substituents is 9. The molecule has 0 unspecified atom stereocenters. The highest BCUT2D eigenvalue weighted by molar-refractivity contribution is 5.90. The predicted molar refractivity (Wildman–Crippen MR) is 390 cm³/mol. The second-order valence-electron chi connectivity index (χ2n) is 37.5. The molecule has 17 heteroatoms. The van der Waals surface area contributed by atoms with Gasteiger partial charge < -0.3 is 70.4 Å². The molecule has 9 saturated carbocycles. The summed E-state index contributed by atoms with van der Waals surface area (Å²) in [4.78, 5) is 35.5. The van der Waals surface area contributed by atoms with Crippen LogP contribution in [0.5, 0.6) is 69.0 Å². The number of aliphatic hydroxyl groups is 2. The zero-order chi connectivity index (χ0) is 75.2. The fourth-order valence-corrected chi connectivity index (χ4v) is 24.5. The number of phenols is 9. The van der Waals surface area contributed by atoms with E-state index >= 15 is 0 Å². The number of ether oxygens (including phenoxy) is 3. The average molecular weight is 1410 g/mol. The Morgan fingerprint density at radius 2 is 0.644 bits per heavy atom. The van der Waals surface area contributed by atoms with E-state index in [1.54, 1.807) is 0 Å². The second kappa shape index (κ2) is 26.8. The number of methoxy groups -OCH3 is 3. The number of hydrogen-bond acceptors (Lipinski definition) is 17. The van der Waals surface area contributed by atoms with Crippen LogP contribution in [-0.4, -0.2) is 108 Å². The molecule has 0 heterocycles. The molecule has 9 aliphatic rings. The van der Waals surface area contributed by atoms with Gasteiger partial charge in [0.1, 0.15) is 33.9 Å². The van der Waals surface area contributed by atoms with E-state index in [-0.39, 0.29) is 165 Å². The van der Waals surface area contributed by atoms with Gasteiger partial charge in [0.05, 0.1) is 32.5 Å². The normalized spacial score (nSPS) is 35.8. The predicted octanol–water partition coefficient (Wildman–Crippen LogP) is 17.6. The number of aldehydes is 3. The summed E-state index contributed by atoms with van der Waals surface area (Å²) in [6.45, 7) is 42.1. The fourth-order valence-electron chi connectivity index (χ4n) is 24.5. The molecule has 20 atom stereocenters. The Kier molecular flexibility index (Phi) is 20.6. The van der Waals surface area contributed by atoms with Crippen LogP contribution in [0.25, 0.3) is 0 Å². The summed E-state index contributed by atoms with van der Waals surface area (Å²) in [5.74, 6) is 0.853. The maximum Gasteiger partial charge on any atom is 0.204 e. The minimum Gasteiger partial charge on any atom is -0.507 e. The Balaban J connectivity index is 0.000000163. The first-order valence-electron chi connectivity index (χ1n) is 37.9. The lowest BCUT2D eigenvalue weighted by Gasteiger charge is -2.45. The summed E-state index contributed by atoms with van der Waals surface area (Å²) in [5.41, 5.74) is -0.154. The van der Waals surface area contributed by atoms with Gasteiger partial charge in [0.25, 0.3) is 0 Å². The number of fused-ring (bicyclic) bond motifs is 9. The highest BCUT2D eigenvalue weighted by Crippen LogP contribution is 2.80. The van der Waals surface area contributed by atoms with E-state index in [0.717, 1.165) is 77.0 Å². The average Bonchev–Trinajstić information content (AvgIpc) is 1.51. The van der Waals surface area contributed by atoms with Crippen molar-refractivity contribution in [3.8, 4) is 69.0 Å². The second-order valence-corrected chi connectivity index (χ2v) is 37.5. The smallest absolute Gasteiger partial charge is 0.204 e. The molecule has 562 valence electrons. The van der Waals surface area contributed by atoms with E-state index in [9.17, 15) is 70.6 Å². The van der Waals surface area contributed by atoms with Crippen LogP contribution in [0.3, 0.4) is 0 Å². The largest absolute Gasteiger partial charge is 0.507 e. The van der Waals surface area contributed by atoms with Crippen molar-refractivity contribution in [3.05, 3.63) is 45.5 Å². The van der Waals surface area contributed by atoms with Gasteiger partial charge in [-0.25, -0.2) is 0 Å². The number of allylic oxidation sites excluding steroid dienone is 1. The molecule has 17 nitrogen and oxygen atoms in total. The first-order valence-corrected chi connectivity index (χ1v) is 37.9. The quantitative estimate of drug-likeness (QED) is 0.0417. The van der Waals surface area contributed by atoms with Crippen LogP contribution >= 0.6 is 0 Å². The van der Waals surface area contributed by atoms with Gasteiger partial charge in [0.15, 0.2) is 53.4 Å². The Bertz CT molecular complexity index is 3530. The van der Waals surface area contributed by atoms with Gasteiger partial charge >= 0.3 is 0 Å². The summed E-state index contributed by atoms with van der Waals surface area (Å²) in [6, 6.07) is 0. The van der Waals surface area contributed by atoms with Crippen molar-refractivity contribution in [2.24, 2.45) is 121 Å². The Morgan fingerprint density at radius 1 is 0.376 bits per heavy atom.